The highest BCUT2D eigenvalue weighted by molar-refractivity contribution is 5.32. The highest BCUT2D eigenvalue weighted by atomic mass is 16.6. The van der Waals surface area contributed by atoms with E-state index in [1.165, 1.54) is 0 Å². The minimum absolute atomic E-state index is 0.167. The van der Waals surface area contributed by atoms with Crippen LogP contribution in [0.3, 0.4) is 0 Å². The molecule has 2 heterocycles. The molecular weight excluding hydrogens is 268 g/mol. The molecule has 1 N–H and O–H groups in total. The normalized spacial score (nSPS) is 32.0. The van der Waals surface area contributed by atoms with Gasteiger partial charge in [-0.25, -0.2) is 0 Å². The van der Waals surface area contributed by atoms with Crippen molar-refractivity contribution in [2.45, 2.75) is 37.4 Å². The molecule has 1 aromatic rings. The van der Waals surface area contributed by atoms with Crippen molar-refractivity contribution >= 4 is 0 Å². The van der Waals surface area contributed by atoms with Gasteiger partial charge >= 0.3 is 0 Å². The number of methoxy groups -OCH3 is 1. The molecule has 0 saturated carbocycles. The van der Waals surface area contributed by atoms with Crippen LogP contribution in [-0.4, -0.2) is 37.6 Å². The smallest absolute Gasteiger partial charge is 0.119 e. The van der Waals surface area contributed by atoms with Crippen LogP contribution in [0, 0.1) is 5.92 Å². The fourth-order valence-corrected chi connectivity index (χ4v) is 3.54. The van der Waals surface area contributed by atoms with E-state index in [1.54, 1.807) is 7.11 Å². The van der Waals surface area contributed by atoms with Crippen LogP contribution in [-0.2, 0) is 15.1 Å². The molecule has 0 aromatic heterocycles. The topological polar surface area (TPSA) is 47.9 Å². The zero-order valence-corrected chi connectivity index (χ0v) is 12.8. The molecule has 4 heteroatoms. The Morgan fingerprint density at radius 2 is 2.24 bits per heavy atom. The van der Waals surface area contributed by atoms with Gasteiger partial charge < -0.3 is 19.3 Å². The molecule has 2 fully saturated rings. The lowest BCUT2D eigenvalue weighted by atomic mass is 9.73. The molecular formula is C17H24O4. The number of hydrogen-bond acceptors (Lipinski definition) is 4. The molecule has 4 nitrogen and oxygen atoms in total. The van der Waals surface area contributed by atoms with Gasteiger partial charge in [0.05, 0.1) is 24.9 Å². The summed E-state index contributed by atoms with van der Waals surface area (Å²) in [5.74, 6) is 0.943. The van der Waals surface area contributed by atoms with Crippen molar-refractivity contribution < 1.29 is 19.3 Å². The van der Waals surface area contributed by atoms with Crippen LogP contribution in [0.2, 0.25) is 0 Å². The molecule has 2 aliphatic rings. The van der Waals surface area contributed by atoms with E-state index in [4.69, 9.17) is 14.2 Å². The Labute approximate surface area is 126 Å². The van der Waals surface area contributed by atoms with E-state index in [1.807, 2.05) is 31.2 Å². The summed E-state index contributed by atoms with van der Waals surface area (Å²) in [5, 5.41) is 11.1. The molecule has 0 bridgehead atoms. The number of hydrogen-bond donors (Lipinski definition) is 1. The molecule has 0 radical (unpaired) electrons. The molecule has 1 aromatic carbocycles. The summed E-state index contributed by atoms with van der Waals surface area (Å²) in [6.45, 7) is 4.00. The first-order chi connectivity index (χ1) is 10.1. The van der Waals surface area contributed by atoms with Gasteiger partial charge in [0.15, 0.2) is 0 Å². The van der Waals surface area contributed by atoms with Crippen LogP contribution < -0.4 is 4.74 Å². The predicted molar refractivity (Wildman–Crippen MR) is 79.4 cm³/mol. The summed E-state index contributed by atoms with van der Waals surface area (Å²) in [6, 6.07) is 7.72. The van der Waals surface area contributed by atoms with E-state index >= 15 is 0 Å². The summed E-state index contributed by atoms with van der Waals surface area (Å²) in [6.07, 6.45) is 2.64. The zero-order valence-electron chi connectivity index (χ0n) is 12.8. The summed E-state index contributed by atoms with van der Waals surface area (Å²) < 4.78 is 16.8. The molecule has 3 unspecified atom stereocenters. The van der Waals surface area contributed by atoms with E-state index in [0.717, 1.165) is 37.2 Å². The SMILES string of the molecule is COc1cccc(C(C)(O)C2CCOC3(CCOC3)C2)c1. The first kappa shape index (κ1) is 14.8. The highest BCUT2D eigenvalue weighted by Crippen LogP contribution is 2.44. The lowest BCUT2D eigenvalue weighted by molar-refractivity contribution is -0.140. The number of rotatable bonds is 3. The van der Waals surface area contributed by atoms with Gasteiger partial charge in [0.25, 0.3) is 0 Å². The van der Waals surface area contributed by atoms with E-state index in [2.05, 4.69) is 0 Å². The Morgan fingerprint density at radius 1 is 1.38 bits per heavy atom. The van der Waals surface area contributed by atoms with Gasteiger partial charge in [0.1, 0.15) is 5.75 Å². The number of ether oxygens (including phenoxy) is 3. The van der Waals surface area contributed by atoms with E-state index < -0.39 is 5.60 Å². The standard InChI is InChI=1S/C17H24O4/c1-16(18,13-4-3-5-15(10-13)19-2)14-6-8-21-17(11-14)7-9-20-12-17/h3-5,10,14,18H,6-9,11-12H2,1-2H3. The summed E-state index contributed by atoms with van der Waals surface area (Å²) in [4.78, 5) is 0. The monoisotopic (exact) mass is 292 g/mol. The molecule has 3 rings (SSSR count). The van der Waals surface area contributed by atoms with Crippen LogP contribution in [0.1, 0.15) is 31.7 Å². The van der Waals surface area contributed by atoms with Crippen molar-refractivity contribution in [3.63, 3.8) is 0 Å². The van der Waals surface area contributed by atoms with Crippen molar-refractivity contribution in [2.24, 2.45) is 5.92 Å². The Kier molecular flexibility index (Phi) is 3.95. The van der Waals surface area contributed by atoms with Crippen LogP contribution >= 0.6 is 0 Å². The van der Waals surface area contributed by atoms with E-state index in [9.17, 15) is 5.11 Å². The second-order valence-electron chi connectivity index (χ2n) is 6.40. The largest absolute Gasteiger partial charge is 0.497 e. The van der Waals surface area contributed by atoms with Crippen LogP contribution in [0.25, 0.3) is 0 Å². The van der Waals surface area contributed by atoms with Gasteiger partial charge in [-0.05, 0) is 43.4 Å². The van der Waals surface area contributed by atoms with Crippen molar-refractivity contribution in [3.8, 4) is 5.75 Å². The maximum absolute atomic E-state index is 11.1. The molecule has 3 atom stereocenters. The van der Waals surface area contributed by atoms with Crippen molar-refractivity contribution in [1.29, 1.82) is 0 Å². The minimum Gasteiger partial charge on any atom is -0.497 e. The summed E-state index contributed by atoms with van der Waals surface area (Å²) in [5.41, 5.74) is -0.164. The molecule has 2 saturated heterocycles. The zero-order chi connectivity index (χ0) is 14.9. The summed E-state index contributed by atoms with van der Waals surface area (Å²) in [7, 11) is 1.65. The quantitative estimate of drug-likeness (QED) is 0.930. The maximum Gasteiger partial charge on any atom is 0.119 e. The highest BCUT2D eigenvalue weighted by Gasteiger charge is 2.46. The fourth-order valence-electron chi connectivity index (χ4n) is 3.54. The van der Waals surface area contributed by atoms with Gasteiger partial charge in [0, 0.05) is 19.6 Å². The average Bonchev–Trinajstić information content (AvgIpc) is 2.95. The second-order valence-corrected chi connectivity index (χ2v) is 6.40. The molecule has 2 aliphatic heterocycles. The van der Waals surface area contributed by atoms with Gasteiger partial charge in [-0.3, -0.25) is 0 Å². The Hall–Kier alpha value is -1.10. The first-order valence-electron chi connectivity index (χ1n) is 7.64. The van der Waals surface area contributed by atoms with Crippen molar-refractivity contribution in [3.05, 3.63) is 29.8 Å². The molecule has 0 aliphatic carbocycles. The van der Waals surface area contributed by atoms with E-state index in [0.29, 0.717) is 13.2 Å². The number of aliphatic hydroxyl groups is 1. The first-order valence-corrected chi connectivity index (χ1v) is 7.64. The molecule has 0 amide bonds. The minimum atomic E-state index is -0.881. The van der Waals surface area contributed by atoms with Crippen LogP contribution in [0.5, 0.6) is 5.75 Å². The Morgan fingerprint density at radius 3 is 2.95 bits per heavy atom. The van der Waals surface area contributed by atoms with E-state index in [-0.39, 0.29) is 11.5 Å². The molecule has 1 spiro atoms. The van der Waals surface area contributed by atoms with Crippen LogP contribution in [0.15, 0.2) is 24.3 Å². The summed E-state index contributed by atoms with van der Waals surface area (Å²) >= 11 is 0. The van der Waals surface area contributed by atoms with Crippen LogP contribution in [0.4, 0.5) is 0 Å². The third-order valence-corrected chi connectivity index (χ3v) is 5.01. The predicted octanol–water partition coefficient (Wildman–Crippen LogP) is 2.49. The lowest BCUT2D eigenvalue weighted by Crippen LogP contribution is -2.46. The fraction of sp³-hybridized carbons (Fsp3) is 0.647. The van der Waals surface area contributed by atoms with Gasteiger partial charge in [-0.1, -0.05) is 12.1 Å². The molecule has 21 heavy (non-hydrogen) atoms. The van der Waals surface area contributed by atoms with Gasteiger partial charge in [-0.2, -0.15) is 0 Å². The van der Waals surface area contributed by atoms with Crippen molar-refractivity contribution in [1.82, 2.24) is 0 Å². The average molecular weight is 292 g/mol. The maximum atomic E-state index is 11.1. The lowest BCUT2D eigenvalue weighted by Gasteiger charge is -2.43. The second kappa shape index (κ2) is 5.59. The van der Waals surface area contributed by atoms with Gasteiger partial charge in [-0.15, -0.1) is 0 Å². The Balaban J connectivity index is 1.83. The molecule has 116 valence electrons. The Bertz CT molecular complexity index is 491. The third-order valence-electron chi connectivity index (χ3n) is 5.01. The third kappa shape index (κ3) is 2.80. The van der Waals surface area contributed by atoms with Gasteiger partial charge in [0.2, 0.25) is 0 Å². The number of benzene rings is 1. The van der Waals surface area contributed by atoms with Crippen molar-refractivity contribution in [2.75, 3.05) is 26.9 Å².